The van der Waals surface area contributed by atoms with Gasteiger partial charge in [-0.25, -0.2) is 4.39 Å². The summed E-state index contributed by atoms with van der Waals surface area (Å²) in [6, 6.07) is 8.12. The van der Waals surface area contributed by atoms with Crippen LogP contribution in [0.2, 0.25) is 10.0 Å². The SMILES string of the molecule is Oc1cc(F)cc2c3c(n(Cc4ccc(Cl)cc4Cl)c12)CCCC3. The standard InChI is InChI=1S/C19H16Cl2FNO/c20-12-6-5-11(16(21)7-12)10-23-17-4-2-1-3-14(17)15-8-13(22)9-18(24)19(15)23/h5-9,24H,1-4,10H2. The normalized spacial score (nSPS) is 14.1. The Morgan fingerprint density at radius 1 is 1.08 bits per heavy atom. The maximum absolute atomic E-state index is 13.8. The van der Waals surface area contributed by atoms with E-state index in [1.807, 2.05) is 6.07 Å². The highest BCUT2D eigenvalue weighted by Crippen LogP contribution is 2.38. The second-order valence-corrected chi connectivity index (χ2v) is 7.12. The zero-order valence-corrected chi connectivity index (χ0v) is 14.5. The lowest BCUT2D eigenvalue weighted by molar-refractivity contribution is 0.472. The molecule has 3 aromatic rings. The Hall–Kier alpha value is -1.71. The molecule has 2 nitrogen and oxygen atoms in total. The van der Waals surface area contributed by atoms with Gasteiger partial charge in [0.05, 0.1) is 5.52 Å². The van der Waals surface area contributed by atoms with Crippen LogP contribution in [0.4, 0.5) is 4.39 Å². The van der Waals surface area contributed by atoms with Gasteiger partial charge < -0.3 is 9.67 Å². The van der Waals surface area contributed by atoms with Crippen LogP contribution in [0, 0.1) is 5.82 Å². The van der Waals surface area contributed by atoms with Crippen molar-refractivity contribution in [2.24, 2.45) is 0 Å². The maximum atomic E-state index is 13.8. The number of aryl methyl sites for hydroxylation is 1. The van der Waals surface area contributed by atoms with Gasteiger partial charge in [-0.2, -0.15) is 0 Å². The molecule has 0 radical (unpaired) electrons. The van der Waals surface area contributed by atoms with Crippen molar-refractivity contribution in [1.82, 2.24) is 4.57 Å². The van der Waals surface area contributed by atoms with Crippen LogP contribution >= 0.6 is 23.2 Å². The molecule has 1 aliphatic rings. The molecule has 5 heteroatoms. The van der Waals surface area contributed by atoms with Gasteiger partial charge in [-0.05, 0) is 55.0 Å². The van der Waals surface area contributed by atoms with Crippen LogP contribution in [0.1, 0.15) is 29.7 Å². The van der Waals surface area contributed by atoms with E-state index in [4.69, 9.17) is 23.2 Å². The summed E-state index contributed by atoms with van der Waals surface area (Å²) < 4.78 is 15.9. The molecule has 1 aliphatic carbocycles. The van der Waals surface area contributed by atoms with Crippen LogP contribution in [0.15, 0.2) is 30.3 Å². The molecule has 0 saturated heterocycles. The van der Waals surface area contributed by atoms with Crippen molar-refractivity contribution in [2.75, 3.05) is 0 Å². The second kappa shape index (κ2) is 5.98. The fourth-order valence-electron chi connectivity index (χ4n) is 3.71. The molecule has 0 spiro atoms. The van der Waals surface area contributed by atoms with Gasteiger partial charge in [0.25, 0.3) is 0 Å². The van der Waals surface area contributed by atoms with Gasteiger partial charge in [-0.15, -0.1) is 0 Å². The fraction of sp³-hybridized carbons (Fsp3) is 0.263. The Kier molecular flexibility index (Phi) is 3.93. The lowest BCUT2D eigenvalue weighted by Gasteiger charge is -2.17. The quantitative estimate of drug-likeness (QED) is 0.618. The van der Waals surface area contributed by atoms with Crippen molar-refractivity contribution in [1.29, 1.82) is 0 Å². The summed E-state index contributed by atoms with van der Waals surface area (Å²) in [4.78, 5) is 0. The molecule has 0 unspecified atom stereocenters. The van der Waals surface area contributed by atoms with Crippen LogP contribution in [0.3, 0.4) is 0 Å². The first-order chi connectivity index (χ1) is 11.5. The maximum Gasteiger partial charge on any atom is 0.142 e. The Labute approximate surface area is 149 Å². The van der Waals surface area contributed by atoms with Crippen molar-refractivity contribution in [2.45, 2.75) is 32.2 Å². The first kappa shape index (κ1) is 15.8. The number of hydrogen-bond donors (Lipinski definition) is 1. The molecule has 0 amide bonds. The highest BCUT2D eigenvalue weighted by molar-refractivity contribution is 6.35. The molecule has 124 valence electrons. The summed E-state index contributed by atoms with van der Waals surface area (Å²) in [5, 5.41) is 12.4. The predicted molar refractivity (Wildman–Crippen MR) is 95.8 cm³/mol. The molecule has 1 aromatic heterocycles. The number of benzene rings is 2. The third kappa shape index (κ3) is 2.56. The highest BCUT2D eigenvalue weighted by atomic mass is 35.5. The van der Waals surface area contributed by atoms with Crippen LogP contribution in [0.25, 0.3) is 10.9 Å². The van der Waals surface area contributed by atoms with E-state index in [1.54, 1.807) is 12.1 Å². The van der Waals surface area contributed by atoms with Crippen LogP contribution in [0.5, 0.6) is 5.75 Å². The Balaban J connectivity index is 1.94. The number of aromatic hydroxyl groups is 1. The van der Waals surface area contributed by atoms with Gasteiger partial charge in [0, 0.05) is 33.7 Å². The van der Waals surface area contributed by atoms with E-state index in [0.717, 1.165) is 42.2 Å². The number of phenolic OH excluding ortho intramolecular Hbond substituents is 1. The molecule has 0 saturated carbocycles. The number of nitrogens with zero attached hydrogens (tertiary/aromatic N) is 1. The molecular formula is C19H16Cl2FNO. The van der Waals surface area contributed by atoms with E-state index >= 15 is 0 Å². The number of phenols is 1. The summed E-state index contributed by atoms with van der Waals surface area (Å²) in [6.07, 6.45) is 4.03. The molecule has 1 heterocycles. The van der Waals surface area contributed by atoms with Crippen molar-refractivity contribution >= 4 is 34.1 Å². The lowest BCUT2D eigenvalue weighted by Crippen LogP contribution is -2.09. The van der Waals surface area contributed by atoms with E-state index in [-0.39, 0.29) is 5.75 Å². The number of aromatic nitrogens is 1. The summed E-state index contributed by atoms with van der Waals surface area (Å²) >= 11 is 12.3. The van der Waals surface area contributed by atoms with E-state index in [2.05, 4.69) is 4.57 Å². The van der Waals surface area contributed by atoms with E-state index in [0.29, 0.717) is 22.1 Å². The van der Waals surface area contributed by atoms with Gasteiger partial charge in [0.15, 0.2) is 0 Å². The summed E-state index contributed by atoms with van der Waals surface area (Å²) in [7, 11) is 0. The number of rotatable bonds is 2. The molecule has 4 rings (SSSR count). The minimum atomic E-state index is -0.407. The second-order valence-electron chi connectivity index (χ2n) is 6.28. The largest absolute Gasteiger partial charge is 0.506 e. The highest BCUT2D eigenvalue weighted by Gasteiger charge is 2.23. The molecule has 1 N–H and O–H groups in total. The minimum absolute atomic E-state index is 0.0236. The molecule has 0 atom stereocenters. The number of halogens is 3. The molecule has 0 fully saturated rings. The topological polar surface area (TPSA) is 25.2 Å². The predicted octanol–water partition coefficient (Wildman–Crippen LogP) is 5.72. The number of hydrogen-bond acceptors (Lipinski definition) is 1. The number of fused-ring (bicyclic) bond motifs is 3. The summed E-state index contributed by atoms with van der Waals surface area (Å²) in [6.45, 7) is 0.529. The first-order valence-corrected chi connectivity index (χ1v) is 8.76. The molecule has 0 bridgehead atoms. The Bertz CT molecular complexity index is 948. The molecule has 0 aliphatic heterocycles. The smallest absolute Gasteiger partial charge is 0.142 e. The van der Waals surface area contributed by atoms with Crippen molar-refractivity contribution in [3.05, 3.63) is 63.0 Å². The van der Waals surface area contributed by atoms with E-state index in [9.17, 15) is 9.50 Å². The Morgan fingerprint density at radius 2 is 1.88 bits per heavy atom. The van der Waals surface area contributed by atoms with E-state index in [1.165, 1.54) is 17.8 Å². The van der Waals surface area contributed by atoms with Crippen LogP contribution < -0.4 is 0 Å². The zero-order chi connectivity index (χ0) is 16.8. The lowest BCUT2D eigenvalue weighted by atomic mass is 9.95. The van der Waals surface area contributed by atoms with Crippen molar-refractivity contribution in [3.8, 4) is 5.75 Å². The van der Waals surface area contributed by atoms with Gasteiger partial charge >= 0.3 is 0 Å². The van der Waals surface area contributed by atoms with Crippen molar-refractivity contribution in [3.63, 3.8) is 0 Å². The molecular weight excluding hydrogens is 348 g/mol. The van der Waals surface area contributed by atoms with Crippen LogP contribution in [-0.2, 0) is 19.4 Å². The zero-order valence-electron chi connectivity index (χ0n) is 13.0. The summed E-state index contributed by atoms with van der Waals surface area (Å²) in [5.41, 5.74) is 3.93. The summed E-state index contributed by atoms with van der Waals surface area (Å²) in [5.74, 6) is -0.431. The third-order valence-electron chi connectivity index (χ3n) is 4.76. The van der Waals surface area contributed by atoms with Gasteiger partial charge in [0.2, 0.25) is 0 Å². The third-order valence-corrected chi connectivity index (χ3v) is 5.34. The van der Waals surface area contributed by atoms with Gasteiger partial charge in [-0.3, -0.25) is 0 Å². The van der Waals surface area contributed by atoms with Gasteiger partial charge in [0.1, 0.15) is 11.6 Å². The Morgan fingerprint density at radius 3 is 2.67 bits per heavy atom. The fourth-order valence-corrected chi connectivity index (χ4v) is 4.17. The monoisotopic (exact) mass is 363 g/mol. The molecule has 24 heavy (non-hydrogen) atoms. The van der Waals surface area contributed by atoms with E-state index < -0.39 is 5.82 Å². The van der Waals surface area contributed by atoms with Crippen LogP contribution in [-0.4, -0.2) is 9.67 Å². The average molecular weight is 364 g/mol. The average Bonchev–Trinajstić information content (AvgIpc) is 2.85. The minimum Gasteiger partial charge on any atom is -0.506 e. The first-order valence-electron chi connectivity index (χ1n) is 8.01. The van der Waals surface area contributed by atoms with Crippen molar-refractivity contribution < 1.29 is 9.50 Å². The molecule has 2 aromatic carbocycles. The van der Waals surface area contributed by atoms with Gasteiger partial charge in [-0.1, -0.05) is 29.3 Å².